The average Bonchev–Trinajstić information content (AvgIpc) is 3.14. The van der Waals surface area contributed by atoms with Gasteiger partial charge >= 0.3 is 0 Å². The highest BCUT2D eigenvalue weighted by Crippen LogP contribution is 2.19. The number of hydrogen-bond donors (Lipinski definition) is 1. The van der Waals surface area contributed by atoms with Gasteiger partial charge in [-0.3, -0.25) is 9.48 Å². The number of nitrogens with one attached hydrogen (secondary N) is 1. The lowest BCUT2D eigenvalue weighted by Crippen LogP contribution is -2.25. The molecule has 128 valence electrons. The first-order valence-corrected chi connectivity index (χ1v) is 9.30. The maximum absolute atomic E-state index is 12.2. The quantitative estimate of drug-likeness (QED) is 0.502. The van der Waals surface area contributed by atoms with E-state index in [1.54, 1.807) is 18.0 Å². The minimum absolute atomic E-state index is 0.0534. The molecule has 0 saturated heterocycles. The molecule has 0 aliphatic carbocycles. The van der Waals surface area contributed by atoms with Gasteiger partial charge in [0.1, 0.15) is 0 Å². The van der Waals surface area contributed by atoms with Crippen molar-refractivity contribution in [1.82, 2.24) is 15.1 Å². The summed E-state index contributed by atoms with van der Waals surface area (Å²) in [4.78, 5) is 13.3. The van der Waals surface area contributed by atoms with Crippen LogP contribution in [0.4, 0.5) is 0 Å². The van der Waals surface area contributed by atoms with Crippen molar-refractivity contribution in [3.8, 4) is 0 Å². The van der Waals surface area contributed by atoms with Crippen LogP contribution in [0.25, 0.3) is 0 Å². The molecule has 25 heavy (non-hydrogen) atoms. The number of carbonyl (C=O) groups is 1. The summed E-state index contributed by atoms with van der Waals surface area (Å²) in [6, 6.07) is 17.2. The molecule has 1 aromatic heterocycles. The van der Waals surface area contributed by atoms with Crippen molar-refractivity contribution in [3.05, 3.63) is 83.1 Å². The van der Waals surface area contributed by atoms with Crippen molar-refractivity contribution in [2.24, 2.45) is 0 Å². The molecule has 1 N–H and O–H groups in total. The minimum Gasteiger partial charge on any atom is -0.351 e. The van der Waals surface area contributed by atoms with E-state index in [0.29, 0.717) is 18.7 Å². The van der Waals surface area contributed by atoms with Gasteiger partial charge < -0.3 is 5.32 Å². The standard InChI is InChI=1S/C19H18ClN3OS/c20-17-6-8-18(9-7-17)25-13-11-21-19(24)16-4-2-15(3-5-16)14-23-12-1-10-22-23/h1-10,12H,11,13-14H2,(H,21,24). The van der Waals surface area contributed by atoms with Crippen LogP contribution in [-0.2, 0) is 6.54 Å². The number of thioether (sulfide) groups is 1. The van der Waals surface area contributed by atoms with Gasteiger partial charge in [0, 0.05) is 40.2 Å². The lowest BCUT2D eigenvalue weighted by atomic mass is 10.1. The molecule has 3 rings (SSSR count). The molecule has 1 heterocycles. The maximum atomic E-state index is 12.2. The van der Waals surface area contributed by atoms with Crippen LogP contribution >= 0.6 is 23.4 Å². The molecule has 4 nitrogen and oxygen atoms in total. The van der Waals surface area contributed by atoms with E-state index in [-0.39, 0.29) is 5.91 Å². The summed E-state index contributed by atoms with van der Waals surface area (Å²) in [6.07, 6.45) is 3.67. The normalized spacial score (nSPS) is 10.6. The van der Waals surface area contributed by atoms with E-state index >= 15 is 0 Å². The highest BCUT2D eigenvalue weighted by atomic mass is 35.5. The molecule has 1 amide bonds. The predicted molar refractivity (Wildman–Crippen MR) is 102 cm³/mol. The Kier molecular flexibility index (Phi) is 6.14. The second-order valence-electron chi connectivity index (χ2n) is 5.46. The van der Waals surface area contributed by atoms with Crippen molar-refractivity contribution in [1.29, 1.82) is 0 Å². The molecule has 0 bridgehead atoms. The Morgan fingerprint density at radius 3 is 2.56 bits per heavy atom. The number of carbonyl (C=O) groups excluding carboxylic acids is 1. The second-order valence-corrected chi connectivity index (χ2v) is 7.06. The molecule has 2 aromatic carbocycles. The highest BCUT2D eigenvalue weighted by molar-refractivity contribution is 7.99. The molecule has 0 unspecified atom stereocenters. The molecule has 0 fully saturated rings. The predicted octanol–water partition coefficient (Wildman–Crippen LogP) is 4.11. The van der Waals surface area contributed by atoms with Crippen LogP contribution in [0.1, 0.15) is 15.9 Å². The van der Waals surface area contributed by atoms with Gasteiger partial charge in [0.05, 0.1) is 6.54 Å². The van der Waals surface area contributed by atoms with Crippen LogP contribution in [-0.4, -0.2) is 28.0 Å². The summed E-state index contributed by atoms with van der Waals surface area (Å²) >= 11 is 7.55. The Morgan fingerprint density at radius 2 is 1.88 bits per heavy atom. The van der Waals surface area contributed by atoms with Gasteiger partial charge in [-0.1, -0.05) is 23.7 Å². The van der Waals surface area contributed by atoms with Gasteiger partial charge in [0.25, 0.3) is 5.91 Å². The Balaban J connectivity index is 1.44. The molecule has 6 heteroatoms. The largest absolute Gasteiger partial charge is 0.351 e. The topological polar surface area (TPSA) is 46.9 Å². The van der Waals surface area contributed by atoms with Gasteiger partial charge in [0.15, 0.2) is 0 Å². The van der Waals surface area contributed by atoms with Crippen LogP contribution in [0.3, 0.4) is 0 Å². The van der Waals surface area contributed by atoms with E-state index in [2.05, 4.69) is 10.4 Å². The van der Waals surface area contributed by atoms with E-state index in [1.165, 1.54) is 0 Å². The van der Waals surface area contributed by atoms with Crippen molar-refractivity contribution in [3.63, 3.8) is 0 Å². The van der Waals surface area contributed by atoms with Crippen molar-refractivity contribution >= 4 is 29.3 Å². The molecule has 0 aliphatic heterocycles. The van der Waals surface area contributed by atoms with Gasteiger partial charge in [-0.15, -0.1) is 11.8 Å². The number of benzene rings is 2. The van der Waals surface area contributed by atoms with Gasteiger partial charge in [0.2, 0.25) is 0 Å². The first kappa shape index (κ1) is 17.6. The summed E-state index contributed by atoms with van der Waals surface area (Å²) in [7, 11) is 0. The van der Waals surface area contributed by atoms with Crippen molar-refractivity contribution in [2.45, 2.75) is 11.4 Å². The zero-order valence-electron chi connectivity index (χ0n) is 13.6. The SMILES string of the molecule is O=C(NCCSc1ccc(Cl)cc1)c1ccc(Cn2cccn2)cc1. The number of amides is 1. The molecular formula is C19H18ClN3OS. The number of halogens is 1. The lowest BCUT2D eigenvalue weighted by molar-refractivity contribution is 0.0956. The summed E-state index contributed by atoms with van der Waals surface area (Å²) < 4.78 is 1.85. The first-order chi connectivity index (χ1) is 12.2. The monoisotopic (exact) mass is 371 g/mol. The van der Waals surface area contributed by atoms with E-state index in [0.717, 1.165) is 21.2 Å². The van der Waals surface area contributed by atoms with Crippen LogP contribution in [0.5, 0.6) is 0 Å². The zero-order chi connectivity index (χ0) is 17.5. The van der Waals surface area contributed by atoms with Crippen LogP contribution in [0.2, 0.25) is 5.02 Å². The first-order valence-electron chi connectivity index (χ1n) is 7.94. The molecule has 0 spiro atoms. The number of hydrogen-bond acceptors (Lipinski definition) is 3. The highest BCUT2D eigenvalue weighted by Gasteiger charge is 2.05. The van der Waals surface area contributed by atoms with E-state index in [1.807, 2.05) is 65.5 Å². The smallest absolute Gasteiger partial charge is 0.251 e. The van der Waals surface area contributed by atoms with Gasteiger partial charge in [-0.05, 0) is 48.0 Å². The molecule has 0 radical (unpaired) electrons. The third-order valence-electron chi connectivity index (χ3n) is 3.59. The third kappa shape index (κ3) is 5.37. The molecule has 0 atom stereocenters. The fourth-order valence-corrected chi connectivity index (χ4v) is 3.20. The summed E-state index contributed by atoms with van der Waals surface area (Å²) in [5, 5.41) is 7.85. The number of rotatable bonds is 7. The van der Waals surface area contributed by atoms with Gasteiger partial charge in [-0.2, -0.15) is 5.10 Å². The Hall–Kier alpha value is -2.24. The molecule has 0 aliphatic rings. The third-order valence-corrected chi connectivity index (χ3v) is 4.86. The van der Waals surface area contributed by atoms with Crippen LogP contribution in [0.15, 0.2) is 71.9 Å². The summed E-state index contributed by atoms with van der Waals surface area (Å²) in [5.41, 5.74) is 1.78. The van der Waals surface area contributed by atoms with E-state index in [4.69, 9.17) is 11.6 Å². The van der Waals surface area contributed by atoms with E-state index in [9.17, 15) is 4.79 Å². The fourth-order valence-electron chi connectivity index (χ4n) is 2.31. The van der Waals surface area contributed by atoms with Crippen molar-refractivity contribution < 1.29 is 4.79 Å². The Bertz CT molecular complexity index is 802. The van der Waals surface area contributed by atoms with Crippen LogP contribution < -0.4 is 5.32 Å². The average molecular weight is 372 g/mol. The summed E-state index contributed by atoms with van der Waals surface area (Å²) in [5.74, 6) is 0.757. The van der Waals surface area contributed by atoms with Crippen LogP contribution in [0, 0.1) is 0 Å². The van der Waals surface area contributed by atoms with Gasteiger partial charge in [-0.25, -0.2) is 0 Å². The number of nitrogens with zero attached hydrogens (tertiary/aromatic N) is 2. The fraction of sp³-hybridized carbons (Fsp3) is 0.158. The Labute approximate surface area is 156 Å². The maximum Gasteiger partial charge on any atom is 0.251 e. The lowest BCUT2D eigenvalue weighted by Gasteiger charge is -2.07. The molecule has 0 saturated carbocycles. The van der Waals surface area contributed by atoms with Crippen molar-refractivity contribution in [2.75, 3.05) is 12.3 Å². The zero-order valence-corrected chi connectivity index (χ0v) is 15.1. The number of aromatic nitrogens is 2. The molecular weight excluding hydrogens is 354 g/mol. The second kappa shape index (κ2) is 8.74. The van der Waals surface area contributed by atoms with E-state index < -0.39 is 0 Å². The molecule has 3 aromatic rings. The Morgan fingerprint density at radius 1 is 1.12 bits per heavy atom. The summed E-state index contributed by atoms with van der Waals surface area (Å²) in [6.45, 7) is 1.31. The minimum atomic E-state index is -0.0534.